The van der Waals surface area contributed by atoms with E-state index in [0.29, 0.717) is 50.2 Å². The van der Waals surface area contributed by atoms with E-state index in [2.05, 4.69) is 37.0 Å². The molecule has 0 N–H and O–H groups in total. The van der Waals surface area contributed by atoms with Gasteiger partial charge in [0.05, 0.1) is 23.7 Å². The van der Waals surface area contributed by atoms with E-state index in [1.54, 1.807) is 42.5 Å². The summed E-state index contributed by atoms with van der Waals surface area (Å²) in [7, 11) is 0. The molecule has 6 aromatic rings. The Morgan fingerprint density at radius 1 is 1.05 bits per heavy atom. The second-order valence-corrected chi connectivity index (χ2v) is 11.4. The summed E-state index contributed by atoms with van der Waals surface area (Å²) in [5.41, 5.74) is 1.64. The number of rotatable bonds is 8. The quantitative estimate of drug-likeness (QED) is 0.147. The van der Waals surface area contributed by atoms with Crippen molar-refractivity contribution in [2.24, 2.45) is 5.10 Å². The Hall–Kier alpha value is -3.99. The van der Waals surface area contributed by atoms with Crippen molar-refractivity contribution in [2.45, 2.75) is 13.5 Å². The van der Waals surface area contributed by atoms with Crippen LogP contribution in [-0.2, 0) is 6.61 Å². The Labute approximate surface area is 266 Å². The Balaban J connectivity index is 1.44. The maximum atomic E-state index is 14.2. The molecule has 0 saturated carbocycles. The van der Waals surface area contributed by atoms with Crippen LogP contribution in [0.3, 0.4) is 0 Å². The number of para-hydroxylation sites is 1. The molecule has 216 valence electrons. The van der Waals surface area contributed by atoms with Crippen LogP contribution in [0.2, 0.25) is 5.02 Å². The molecule has 43 heavy (non-hydrogen) atoms. The van der Waals surface area contributed by atoms with Crippen molar-refractivity contribution < 1.29 is 18.3 Å². The number of nitrogens with zero attached hydrogens (tertiary/aromatic N) is 3. The van der Waals surface area contributed by atoms with Crippen molar-refractivity contribution in [3.63, 3.8) is 0 Å². The highest BCUT2D eigenvalue weighted by Gasteiger charge is 2.20. The van der Waals surface area contributed by atoms with Crippen molar-refractivity contribution in [1.29, 1.82) is 0 Å². The first-order valence-corrected chi connectivity index (χ1v) is 15.1. The highest BCUT2D eigenvalue weighted by Crippen LogP contribution is 2.43. The van der Waals surface area contributed by atoms with E-state index in [-0.39, 0.29) is 34.6 Å². The average molecular weight is 726 g/mol. The third-order valence-electron chi connectivity index (χ3n) is 6.55. The number of hydrogen-bond donors (Lipinski definition) is 0. The van der Waals surface area contributed by atoms with Crippen LogP contribution in [-0.4, -0.2) is 22.5 Å². The third-order valence-corrected chi connectivity index (χ3v) is 8.49. The molecule has 0 fully saturated rings. The van der Waals surface area contributed by atoms with E-state index in [0.717, 1.165) is 9.86 Å². The first-order chi connectivity index (χ1) is 20.8. The topological polar surface area (TPSA) is 78.9 Å². The zero-order valence-corrected chi connectivity index (χ0v) is 26.4. The van der Waals surface area contributed by atoms with Crippen molar-refractivity contribution in [2.75, 3.05) is 6.61 Å². The lowest BCUT2D eigenvalue weighted by Crippen LogP contribution is -2.20. The van der Waals surface area contributed by atoms with E-state index in [4.69, 9.17) is 30.5 Å². The lowest BCUT2D eigenvalue weighted by Gasteiger charge is -2.16. The number of fused-ring (bicyclic) bond motifs is 2. The first-order valence-electron chi connectivity index (χ1n) is 13.1. The largest absolute Gasteiger partial charge is 0.490 e. The van der Waals surface area contributed by atoms with E-state index in [1.165, 1.54) is 17.0 Å². The second kappa shape index (κ2) is 12.3. The molecule has 7 nitrogen and oxygen atoms in total. The van der Waals surface area contributed by atoms with Gasteiger partial charge in [-0.05, 0) is 71.4 Å². The maximum absolute atomic E-state index is 14.2. The van der Waals surface area contributed by atoms with Crippen LogP contribution in [0.4, 0.5) is 4.39 Å². The molecule has 0 unspecified atom stereocenters. The molecule has 0 aliphatic rings. The minimum absolute atomic E-state index is 0.0536. The molecule has 2 heterocycles. The third kappa shape index (κ3) is 5.82. The highest BCUT2D eigenvalue weighted by atomic mass is 79.9. The van der Waals surface area contributed by atoms with Gasteiger partial charge in [0.25, 0.3) is 5.56 Å². The van der Waals surface area contributed by atoms with Crippen LogP contribution >= 0.6 is 43.5 Å². The van der Waals surface area contributed by atoms with Gasteiger partial charge in [-0.3, -0.25) is 4.79 Å². The summed E-state index contributed by atoms with van der Waals surface area (Å²) in [4.78, 5) is 18.4. The molecule has 4 aromatic carbocycles. The Bertz CT molecular complexity index is 2090. The SMILES string of the molecule is CCOc1cc(C=Nn2c(-c3cc4cc(Br)ccc4o3)nc3ccccc3c2=O)c(Br)c(Cl)c1OCc1ccccc1F. The molecule has 6 rings (SSSR count). The molecular formula is C32H21Br2ClFN3O4. The van der Waals surface area contributed by atoms with Gasteiger partial charge in [0.1, 0.15) is 23.0 Å². The van der Waals surface area contributed by atoms with Crippen molar-refractivity contribution in [1.82, 2.24) is 9.66 Å². The molecule has 0 saturated heterocycles. The van der Waals surface area contributed by atoms with Crippen LogP contribution < -0.4 is 15.0 Å². The summed E-state index contributed by atoms with van der Waals surface area (Å²) in [5, 5.41) is 5.98. The molecule has 2 aromatic heterocycles. The lowest BCUT2D eigenvalue weighted by atomic mass is 10.2. The number of aromatic nitrogens is 2. The van der Waals surface area contributed by atoms with Gasteiger partial charge in [-0.15, -0.1) is 0 Å². The number of hydrogen-bond acceptors (Lipinski definition) is 6. The first kappa shape index (κ1) is 29.1. The number of furan rings is 1. The Morgan fingerprint density at radius 3 is 2.65 bits per heavy atom. The zero-order valence-electron chi connectivity index (χ0n) is 22.5. The van der Waals surface area contributed by atoms with Crippen LogP contribution in [0.5, 0.6) is 11.5 Å². The monoisotopic (exact) mass is 723 g/mol. The zero-order chi connectivity index (χ0) is 30.1. The molecule has 0 amide bonds. The van der Waals surface area contributed by atoms with Gasteiger partial charge < -0.3 is 13.9 Å². The smallest absolute Gasteiger partial charge is 0.282 e. The van der Waals surface area contributed by atoms with Crippen molar-refractivity contribution in [3.8, 4) is 23.1 Å². The molecule has 0 bridgehead atoms. The number of halogens is 4. The minimum atomic E-state index is -0.387. The fourth-order valence-electron chi connectivity index (χ4n) is 4.50. The summed E-state index contributed by atoms with van der Waals surface area (Å²) in [6.45, 7) is 2.09. The Kier molecular flexibility index (Phi) is 8.34. The fraction of sp³-hybridized carbons (Fsp3) is 0.0938. The number of benzene rings is 4. The summed E-state index contributed by atoms with van der Waals surface area (Å²) in [6, 6.07) is 22.5. The normalized spacial score (nSPS) is 11.6. The van der Waals surface area contributed by atoms with E-state index >= 15 is 0 Å². The molecule has 0 radical (unpaired) electrons. The van der Waals surface area contributed by atoms with Gasteiger partial charge in [0, 0.05) is 25.5 Å². The fourth-order valence-corrected chi connectivity index (χ4v) is 5.53. The van der Waals surface area contributed by atoms with Gasteiger partial charge >= 0.3 is 0 Å². The minimum Gasteiger partial charge on any atom is -0.490 e. The molecule has 0 atom stereocenters. The van der Waals surface area contributed by atoms with E-state index in [9.17, 15) is 9.18 Å². The maximum Gasteiger partial charge on any atom is 0.282 e. The second-order valence-electron chi connectivity index (χ2n) is 9.34. The highest BCUT2D eigenvalue weighted by molar-refractivity contribution is 9.10. The molecular weight excluding hydrogens is 705 g/mol. The molecule has 11 heteroatoms. The van der Waals surface area contributed by atoms with E-state index in [1.807, 2.05) is 37.3 Å². The lowest BCUT2D eigenvalue weighted by molar-refractivity contribution is 0.266. The predicted molar refractivity (Wildman–Crippen MR) is 173 cm³/mol. The summed E-state index contributed by atoms with van der Waals surface area (Å²) in [6.07, 6.45) is 1.47. The van der Waals surface area contributed by atoms with Gasteiger partial charge in [0.2, 0.25) is 5.82 Å². The Morgan fingerprint density at radius 2 is 1.84 bits per heavy atom. The van der Waals surface area contributed by atoms with Crippen molar-refractivity contribution in [3.05, 3.63) is 120 Å². The van der Waals surface area contributed by atoms with Crippen LogP contribution in [0.1, 0.15) is 18.1 Å². The summed E-state index contributed by atoms with van der Waals surface area (Å²) >= 11 is 13.7. The van der Waals surface area contributed by atoms with Crippen LogP contribution in [0, 0.1) is 5.82 Å². The van der Waals surface area contributed by atoms with Gasteiger partial charge in [0.15, 0.2) is 17.3 Å². The van der Waals surface area contributed by atoms with Gasteiger partial charge in [-0.1, -0.05) is 57.9 Å². The number of ether oxygens (including phenoxy) is 2. The summed E-state index contributed by atoms with van der Waals surface area (Å²) in [5.74, 6) is 0.790. The van der Waals surface area contributed by atoms with Crippen molar-refractivity contribution >= 4 is 71.5 Å². The average Bonchev–Trinajstić information content (AvgIpc) is 3.42. The predicted octanol–water partition coefficient (Wildman–Crippen LogP) is 8.99. The molecule has 0 aliphatic carbocycles. The molecule has 0 spiro atoms. The van der Waals surface area contributed by atoms with Gasteiger partial charge in [-0.2, -0.15) is 9.78 Å². The van der Waals surface area contributed by atoms with Crippen LogP contribution in [0.25, 0.3) is 33.5 Å². The molecule has 0 aliphatic heterocycles. The van der Waals surface area contributed by atoms with Gasteiger partial charge in [-0.25, -0.2) is 9.37 Å². The van der Waals surface area contributed by atoms with E-state index < -0.39 is 0 Å². The van der Waals surface area contributed by atoms with Crippen LogP contribution in [0.15, 0.2) is 102 Å². The standard InChI is InChI=1S/C32H21Br2ClFN3O4/c1-2-41-26-15-20(28(34)29(35)30(26)42-17-18-7-3-5-9-23(18)36)16-37-39-31(38-24-10-6-4-8-22(24)32(39)40)27-14-19-13-21(33)11-12-25(19)43-27/h3-16H,2,17H2,1H3. The summed E-state index contributed by atoms with van der Waals surface area (Å²) < 4.78 is 34.5.